The Kier molecular flexibility index (Phi) is 9.93. The number of carbonyl (C=O) groups is 1. The second kappa shape index (κ2) is 13.6. The molecule has 0 spiro atoms. The van der Waals surface area contributed by atoms with Gasteiger partial charge in [-0.2, -0.15) is 4.98 Å². The van der Waals surface area contributed by atoms with E-state index in [-0.39, 0.29) is 5.91 Å². The summed E-state index contributed by atoms with van der Waals surface area (Å²) < 4.78 is 0. The minimum absolute atomic E-state index is 0.182. The first-order chi connectivity index (χ1) is 17.6. The molecule has 0 atom stereocenters. The van der Waals surface area contributed by atoms with E-state index in [2.05, 4.69) is 61.8 Å². The third-order valence-corrected chi connectivity index (χ3v) is 7.32. The van der Waals surface area contributed by atoms with Gasteiger partial charge in [0.15, 0.2) is 0 Å². The van der Waals surface area contributed by atoms with E-state index in [1.54, 1.807) is 6.20 Å². The van der Waals surface area contributed by atoms with Gasteiger partial charge >= 0.3 is 0 Å². The van der Waals surface area contributed by atoms with Crippen LogP contribution in [0, 0.1) is 0 Å². The van der Waals surface area contributed by atoms with Crippen molar-refractivity contribution in [1.29, 1.82) is 0 Å². The average molecular weight is 494 g/mol. The number of amides is 1. The molecular formula is C28H43N7O. The summed E-state index contributed by atoms with van der Waals surface area (Å²) in [6, 6.07) is 8.57. The molecule has 1 aromatic carbocycles. The molecule has 1 aliphatic carbocycles. The van der Waals surface area contributed by atoms with Gasteiger partial charge in [-0.25, -0.2) is 4.98 Å². The molecule has 0 radical (unpaired) electrons. The number of piperazine rings is 1. The third-order valence-electron chi connectivity index (χ3n) is 7.32. The zero-order chi connectivity index (χ0) is 25.2. The fourth-order valence-corrected chi connectivity index (χ4v) is 4.87. The molecule has 196 valence electrons. The number of nitrogens with one attached hydrogen (secondary N) is 3. The summed E-state index contributed by atoms with van der Waals surface area (Å²) in [5.41, 5.74) is 2.57. The molecule has 2 fully saturated rings. The van der Waals surface area contributed by atoms with E-state index in [9.17, 15) is 4.79 Å². The van der Waals surface area contributed by atoms with Crippen LogP contribution in [0.1, 0.15) is 67.8 Å². The normalized spacial score (nSPS) is 17.6. The van der Waals surface area contributed by atoms with Crippen LogP contribution in [-0.4, -0.2) is 78.0 Å². The summed E-state index contributed by atoms with van der Waals surface area (Å²) in [7, 11) is 2.18. The topological polar surface area (TPSA) is 85.4 Å². The maximum Gasteiger partial charge on any atom is 0.260 e. The molecule has 4 rings (SSSR count). The smallest absolute Gasteiger partial charge is 0.260 e. The Morgan fingerprint density at radius 2 is 1.81 bits per heavy atom. The molecule has 2 aliphatic rings. The number of rotatable bonds is 11. The molecule has 3 N–H and O–H groups in total. The Labute approximate surface area is 216 Å². The summed E-state index contributed by atoms with van der Waals surface area (Å²) in [5.74, 6) is 1.01. The first kappa shape index (κ1) is 26.4. The van der Waals surface area contributed by atoms with Crippen molar-refractivity contribution in [3.8, 4) is 0 Å². The number of hydrogen-bond acceptors (Lipinski definition) is 7. The molecule has 8 nitrogen and oxygen atoms in total. The molecule has 1 aromatic heterocycles. The average Bonchev–Trinajstić information content (AvgIpc) is 2.90. The monoisotopic (exact) mass is 493 g/mol. The molecule has 1 amide bonds. The van der Waals surface area contributed by atoms with Crippen molar-refractivity contribution in [2.24, 2.45) is 0 Å². The number of carbonyl (C=O) groups excluding carboxylic acids is 1. The maximum absolute atomic E-state index is 13.2. The zero-order valence-corrected chi connectivity index (χ0v) is 22.1. The minimum Gasteiger partial charge on any atom is -0.367 e. The highest BCUT2D eigenvalue weighted by Gasteiger charge is 2.20. The molecule has 1 saturated heterocycles. The number of benzene rings is 1. The highest BCUT2D eigenvalue weighted by atomic mass is 16.1. The van der Waals surface area contributed by atoms with Crippen molar-refractivity contribution < 1.29 is 4.79 Å². The lowest BCUT2D eigenvalue weighted by atomic mass is 9.95. The van der Waals surface area contributed by atoms with Crippen molar-refractivity contribution >= 4 is 23.4 Å². The first-order valence-corrected chi connectivity index (χ1v) is 13.8. The standard InChI is InChI=1S/C28H43N7O/c1-3-4-15-29-28-30-21-25(26(33-28)31-23-8-6-5-7-9-23)27(36)32-24-12-10-22(11-13-24)14-16-35-19-17-34(2)18-20-35/h10-13,21,23H,3-9,14-20H2,1-2H3,(H,32,36)(H2,29,30,31,33). The summed E-state index contributed by atoms with van der Waals surface area (Å²) in [4.78, 5) is 27.2. The van der Waals surface area contributed by atoms with Gasteiger partial charge in [0, 0.05) is 57.2 Å². The van der Waals surface area contributed by atoms with E-state index in [4.69, 9.17) is 0 Å². The van der Waals surface area contributed by atoms with Crippen LogP contribution in [0.25, 0.3) is 0 Å². The number of unbranched alkanes of at least 4 members (excludes halogenated alkanes) is 1. The third kappa shape index (κ3) is 7.90. The van der Waals surface area contributed by atoms with E-state index >= 15 is 0 Å². The van der Waals surface area contributed by atoms with Crippen LogP contribution in [0.4, 0.5) is 17.5 Å². The number of nitrogens with zero attached hydrogens (tertiary/aromatic N) is 4. The van der Waals surface area contributed by atoms with Crippen molar-refractivity contribution in [2.75, 3.05) is 62.3 Å². The van der Waals surface area contributed by atoms with Gasteiger partial charge in [0.05, 0.1) is 0 Å². The summed E-state index contributed by atoms with van der Waals surface area (Å²) in [6.45, 7) is 8.61. The van der Waals surface area contributed by atoms with Crippen LogP contribution in [-0.2, 0) is 6.42 Å². The second-order valence-electron chi connectivity index (χ2n) is 10.3. The van der Waals surface area contributed by atoms with Crippen LogP contribution in [0.2, 0.25) is 0 Å². The van der Waals surface area contributed by atoms with Crippen molar-refractivity contribution in [3.63, 3.8) is 0 Å². The summed E-state index contributed by atoms with van der Waals surface area (Å²) >= 11 is 0. The van der Waals surface area contributed by atoms with Gasteiger partial charge < -0.3 is 25.8 Å². The number of hydrogen-bond donors (Lipinski definition) is 3. The van der Waals surface area contributed by atoms with Gasteiger partial charge in [-0.05, 0) is 50.4 Å². The fraction of sp³-hybridized carbons (Fsp3) is 0.607. The first-order valence-electron chi connectivity index (χ1n) is 13.8. The summed E-state index contributed by atoms with van der Waals surface area (Å²) in [6.07, 6.45) is 10.8. The van der Waals surface area contributed by atoms with Crippen LogP contribution < -0.4 is 16.0 Å². The van der Waals surface area contributed by atoms with Crippen molar-refractivity contribution in [3.05, 3.63) is 41.6 Å². The Balaban J connectivity index is 1.37. The molecule has 8 heteroatoms. The number of likely N-dealkylation sites (N-methyl/N-ethyl adjacent to an activating group) is 1. The van der Waals surface area contributed by atoms with Gasteiger partial charge in [0.2, 0.25) is 5.95 Å². The molecule has 2 heterocycles. The molecule has 0 unspecified atom stereocenters. The Morgan fingerprint density at radius 3 is 2.53 bits per heavy atom. The van der Waals surface area contributed by atoms with Gasteiger partial charge in [-0.3, -0.25) is 4.79 Å². The van der Waals surface area contributed by atoms with Crippen LogP contribution in [0.5, 0.6) is 0 Å². The van der Waals surface area contributed by atoms with Gasteiger partial charge in [0.1, 0.15) is 11.4 Å². The predicted octanol–water partition coefficient (Wildman–Crippen LogP) is 4.48. The summed E-state index contributed by atoms with van der Waals surface area (Å²) in [5, 5.41) is 9.88. The number of aromatic nitrogens is 2. The van der Waals surface area contributed by atoms with Crippen LogP contribution in [0.3, 0.4) is 0 Å². The molecule has 1 saturated carbocycles. The van der Waals surface area contributed by atoms with E-state index in [1.165, 1.54) is 24.8 Å². The highest BCUT2D eigenvalue weighted by Crippen LogP contribution is 2.24. The van der Waals surface area contributed by atoms with Crippen LogP contribution >= 0.6 is 0 Å². The molecule has 36 heavy (non-hydrogen) atoms. The fourth-order valence-electron chi connectivity index (χ4n) is 4.87. The Morgan fingerprint density at radius 1 is 1.06 bits per heavy atom. The van der Waals surface area contributed by atoms with E-state index < -0.39 is 0 Å². The second-order valence-corrected chi connectivity index (χ2v) is 10.3. The van der Waals surface area contributed by atoms with Crippen molar-refractivity contribution in [2.45, 2.75) is 64.3 Å². The highest BCUT2D eigenvalue weighted by molar-refractivity contribution is 6.07. The van der Waals surface area contributed by atoms with E-state index in [1.807, 2.05) is 12.1 Å². The SMILES string of the molecule is CCCCNc1ncc(C(=O)Nc2ccc(CCN3CCN(C)CC3)cc2)c(NC2CCCCC2)n1. The molecule has 2 aromatic rings. The quantitative estimate of drug-likeness (QED) is 0.398. The van der Waals surface area contributed by atoms with E-state index in [0.717, 1.165) is 77.1 Å². The van der Waals surface area contributed by atoms with Gasteiger partial charge in [-0.1, -0.05) is 44.7 Å². The maximum atomic E-state index is 13.2. The number of anilines is 3. The predicted molar refractivity (Wildman–Crippen MR) is 148 cm³/mol. The Bertz CT molecular complexity index is 951. The Hall–Kier alpha value is -2.71. The van der Waals surface area contributed by atoms with Crippen LogP contribution in [0.15, 0.2) is 30.5 Å². The molecule has 0 bridgehead atoms. The van der Waals surface area contributed by atoms with Crippen molar-refractivity contribution in [1.82, 2.24) is 19.8 Å². The minimum atomic E-state index is -0.182. The molecular weight excluding hydrogens is 450 g/mol. The largest absolute Gasteiger partial charge is 0.367 e. The molecule has 1 aliphatic heterocycles. The lowest BCUT2D eigenvalue weighted by Gasteiger charge is -2.32. The van der Waals surface area contributed by atoms with E-state index in [0.29, 0.717) is 23.4 Å². The lowest BCUT2D eigenvalue weighted by Crippen LogP contribution is -2.45. The van der Waals surface area contributed by atoms with Gasteiger partial charge in [0.25, 0.3) is 5.91 Å². The van der Waals surface area contributed by atoms with Gasteiger partial charge in [-0.15, -0.1) is 0 Å². The zero-order valence-electron chi connectivity index (χ0n) is 22.1. The lowest BCUT2D eigenvalue weighted by molar-refractivity contribution is 0.102.